The Balaban J connectivity index is 2.25. The highest BCUT2D eigenvalue weighted by Gasteiger charge is 1.98. The number of rotatable bonds is 2. The van der Waals surface area contributed by atoms with E-state index in [1.165, 1.54) is 0 Å². The Hall–Kier alpha value is -2.71. The molecule has 0 aromatic heterocycles. The summed E-state index contributed by atoms with van der Waals surface area (Å²) in [6.45, 7) is 0.0318. The number of ether oxygens (including phenoxy) is 1. The van der Waals surface area contributed by atoms with Crippen LogP contribution in [0.1, 0.15) is 11.1 Å². The van der Waals surface area contributed by atoms with Gasteiger partial charge in [-0.05, 0) is 24.3 Å². The van der Waals surface area contributed by atoms with Gasteiger partial charge in [0.25, 0.3) is 0 Å². The molecule has 0 aliphatic carbocycles. The van der Waals surface area contributed by atoms with E-state index in [1.54, 1.807) is 0 Å². The van der Waals surface area contributed by atoms with Crippen LogP contribution in [0.3, 0.4) is 0 Å². The number of para-hydroxylation sites is 1. The lowest BCUT2D eigenvalue weighted by Gasteiger charge is -2.03. The average molecular weight is 233 g/mol. The van der Waals surface area contributed by atoms with E-state index in [0.717, 1.165) is 11.1 Å². The molecule has 0 spiro atoms. The van der Waals surface area contributed by atoms with Crippen LogP contribution in [0.25, 0.3) is 0 Å². The molecule has 0 saturated heterocycles. The SMILES string of the molecule is N#CCOc1ccccc1C#Cc1ccccc1. The molecule has 0 unspecified atom stereocenters. The minimum Gasteiger partial charge on any atom is -0.477 e. The molecule has 2 aromatic carbocycles. The summed E-state index contributed by atoms with van der Waals surface area (Å²) in [6, 6.07) is 19.1. The third kappa shape index (κ3) is 3.14. The van der Waals surface area contributed by atoms with Crippen molar-refractivity contribution in [1.82, 2.24) is 0 Å². The Labute approximate surface area is 106 Å². The van der Waals surface area contributed by atoms with E-state index in [-0.39, 0.29) is 6.61 Å². The second-order valence-corrected chi connectivity index (χ2v) is 3.56. The Bertz CT molecular complexity index is 615. The predicted molar refractivity (Wildman–Crippen MR) is 70.0 cm³/mol. The molecule has 0 N–H and O–H groups in total. The summed E-state index contributed by atoms with van der Waals surface area (Å²) in [5.74, 6) is 6.76. The van der Waals surface area contributed by atoms with Gasteiger partial charge in [0.15, 0.2) is 6.61 Å². The fraction of sp³-hybridized carbons (Fsp3) is 0.0625. The van der Waals surface area contributed by atoms with Crippen LogP contribution in [-0.2, 0) is 0 Å². The number of nitriles is 1. The number of hydrogen-bond acceptors (Lipinski definition) is 2. The summed E-state index contributed by atoms with van der Waals surface area (Å²) in [4.78, 5) is 0. The zero-order valence-corrected chi connectivity index (χ0v) is 9.76. The van der Waals surface area contributed by atoms with Gasteiger partial charge in [0.1, 0.15) is 11.8 Å². The van der Waals surface area contributed by atoms with Gasteiger partial charge < -0.3 is 4.74 Å². The summed E-state index contributed by atoms with van der Waals surface area (Å²) in [6.07, 6.45) is 0. The van der Waals surface area contributed by atoms with Gasteiger partial charge in [-0.3, -0.25) is 0 Å². The second-order valence-electron chi connectivity index (χ2n) is 3.56. The highest BCUT2D eigenvalue weighted by molar-refractivity contribution is 5.49. The van der Waals surface area contributed by atoms with Crippen molar-refractivity contribution in [2.24, 2.45) is 0 Å². The maximum absolute atomic E-state index is 8.52. The molecule has 0 aliphatic rings. The molecule has 2 nitrogen and oxygen atoms in total. The first-order chi connectivity index (χ1) is 8.90. The van der Waals surface area contributed by atoms with Gasteiger partial charge in [-0.25, -0.2) is 0 Å². The van der Waals surface area contributed by atoms with Gasteiger partial charge in [0.2, 0.25) is 0 Å². The highest BCUT2D eigenvalue weighted by atomic mass is 16.5. The monoisotopic (exact) mass is 233 g/mol. The lowest BCUT2D eigenvalue weighted by Crippen LogP contribution is -1.95. The molecular formula is C16H11NO. The first-order valence-electron chi connectivity index (χ1n) is 5.56. The molecular weight excluding hydrogens is 222 g/mol. The molecule has 0 aliphatic heterocycles. The normalized spacial score (nSPS) is 8.83. The van der Waals surface area contributed by atoms with Crippen LogP contribution < -0.4 is 4.74 Å². The average Bonchev–Trinajstić information content (AvgIpc) is 2.45. The lowest BCUT2D eigenvalue weighted by atomic mass is 10.1. The van der Waals surface area contributed by atoms with Gasteiger partial charge in [-0.15, -0.1) is 0 Å². The Morgan fingerprint density at radius 1 is 0.889 bits per heavy atom. The third-order valence-electron chi connectivity index (χ3n) is 2.29. The van der Waals surface area contributed by atoms with E-state index in [1.807, 2.05) is 60.7 Å². The highest BCUT2D eigenvalue weighted by Crippen LogP contribution is 2.16. The molecule has 0 atom stereocenters. The van der Waals surface area contributed by atoms with Crippen molar-refractivity contribution in [3.05, 3.63) is 65.7 Å². The maximum atomic E-state index is 8.52. The minimum atomic E-state index is 0.0318. The van der Waals surface area contributed by atoms with E-state index in [9.17, 15) is 0 Å². The van der Waals surface area contributed by atoms with Crippen LogP contribution in [0.2, 0.25) is 0 Å². The quantitative estimate of drug-likeness (QED) is 0.747. The molecule has 0 saturated carbocycles. The number of nitrogens with zero attached hydrogens (tertiary/aromatic N) is 1. The van der Waals surface area contributed by atoms with Crippen molar-refractivity contribution >= 4 is 0 Å². The van der Waals surface area contributed by atoms with Crippen LogP contribution in [-0.4, -0.2) is 6.61 Å². The van der Waals surface area contributed by atoms with Gasteiger partial charge >= 0.3 is 0 Å². The van der Waals surface area contributed by atoms with E-state index in [0.29, 0.717) is 5.75 Å². The van der Waals surface area contributed by atoms with Crippen molar-refractivity contribution in [1.29, 1.82) is 5.26 Å². The van der Waals surface area contributed by atoms with E-state index in [4.69, 9.17) is 10.00 Å². The molecule has 2 aromatic rings. The van der Waals surface area contributed by atoms with Crippen LogP contribution in [0, 0.1) is 23.2 Å². The summed E-state index contributed by atoms with van der Waals surface area (Å²) in [5, 5.41) is 8.52. The smallest absolute Gasteiger partial charge is 0.174 e. The van der Waals surface area contributed by atoms with E-state index in [2.05, 4.69) is 11.8 Å². The summed E-state index contributed by atoms with van der Waals surface area (Å²) < 4.78 is 5.31. The zero-order valence-electron chi connectivity index (χ0n) is 9.76. The van der Waals surface area contributed by atoms with E-state index >= 15 is 0 Å². The van der Waals surface area contributed by atoms with Crippen LogP contribution in [0.5, 0.6) is 5.75 Å². The van der Waals surface area contributed by atoms with Crippen molar-refractivity contribution in [2.45, 2.75) is 0 Å². The van der Waals surface area contributed by atoms with Crippen LogP contribution >= 0.6 is 0 Å². The van der Waals surface area contributed by atoms with Crippen molar-refractivity contribution in [2.75, 3.05) is 6.61 Å². The molecule has 0 bridgehead atoms. The van der Waals surface area contributed by atoms with Crippen molar-refractivity contribution < 1.29 is 4.74 Å². The maximum Gasteiger partial charge on any atom is 0.174 e. The molecule has 0 fully saturated rings. The largest absolute Gasteiger partial charge is 0.477 e. The predicted octanol–water partition coefficient (Wildman–Crippen LogP) is 2.99. The van der Waals surface area contributed by atoms with Gasteiger partial charge in [0, 0.05) is 5.56 Å². The van der Waals surface area contributed by atoms with Gasteiger partial charge in [-0.1, -0.05) is 42.2 Å². The fourth-order valence-electron chi connectivity index (χ4n) is 1.47. The molecule has 0 heterocycles. The van der Waals surface area contributed by atoms with Crippen LogP contribution in [0.4, 0.5) is 0 Å². The van der Waals surface area contributed by atoms with Gasteiger partial charge in [-0.2, -0.15) is 5.26 Å². The van der Waals surface area contributed by atoms with Gasteiger partial charge in [0.05, 0.1) is 5.56 Å². The molecule has 2 rings (SSSR count). The molecule has 0 radical (unpaired) electrons. The summed E-state index contributed by atoms with van der Waals surface area (Å²) in [5.41, 5.74) is 1.74. The Morgan fingerprint density at radius 2 is 1.61 bits per heavy atom. The van der Waals surface area contributed by atoms with Crippen molar-refractivity contribution in [3.63, 3.8) is 0 Å². The Kier molecular flexibility index (Phi) is 4.01. The third-order valence-corrected chi connectivity index (χ3v) is 2.29. The summed E-state index contributed by atoms with van der Waals surface area (Å²) in [7, 11) is 0. The fourth-order valence-corrected chi connectivity index (χ4v) is 1.47. The van der Waals surface area contributed by atoms with Crippen LogP contribution in [0.15, 0.2) is 54.6 Å². The topological polar surface area (TPSA) is 33.0 Å². The lowest BCUT2D eigenvalue weighted by molar-refractivity contribution is 0.367. The molecule has 18 heavy (non-hydrogen) atoms. The second kappa shape index (κ2) is 6.13. The van der Waals surface area contributed by atoms with Crippen molar-refractivity contribution in [3.8, 4) is 23.7 Å². The molecule has 0 amide bonds. The zero-order chi connectivity index (χ0) is 12.6. The summed E-state index contributed by atoms with van der Waals surface area (Å²) >= 11 is 0. The first-order valence-corrected chi connectivity index (χ1v) is 5.56. The van der Waals surface area contributed by atoms with E-state index < -0.39 is 0 Å². The number of hydrogen-bond donors (Lipinski definition) is 0. The standard InChI is InChI=1S/C16H11NO/c17-12-13-18-16-9-5-4-8-15(16)11-10-14-6-2-1-3-7-14/h1-9H,13H2. The number of benzene rings is 2. The molecule has 86 valence electrons. The first kappa shape index (κ1) is 11.8. The molecule has 2 heteroatoms. The minimum absolute atomic E-state index is 0.0318. The Morgan fingerprint density at radius 3 is 2.39 bits per heavy atom.